The smallest absolute Gasteiger partial charge is 0.326 e. The molecule has 2 aromatic rings. The van der Waals surface area contributed by atoms with Crippen molar-refractivity contribution in [3.05, 3.63) is 41.5 Å². The van der Waals surface area contributed by atoms with Crippen molar-refractivity contribution in [1.82, 2.24) is 10.1 Å². The van der Waals surface area contributed by atoms with E-state index in [-0.39, 0.29) is 0 Å². The van der Waals surface area contributed by atoms with E-state index >= 15 is 0 Å². The van der Waals surface area contributed by atoms with Crippen LogP contribution in [-0.2, 0) is 17.8 Å². The predicted octanol–water partition coefficient (Wildman–Crippen LogP) is 1.39. The fourth-order valence-electron chi connectivity index (χ4n) is 2.42. The van der Waals surface area contributed by atoms with Crippen molar-refractivity contribution < 1.29 is 14.4 Å². The largest absolute Gasteiger partial charge is 0.480 e. The molecule has 2 heterocycles. The predicted molar refractivity (Wildman–Crippen MR) is 66.8 cm³/mol. The molecular formula is C13H13N3O3. The lowest BCUT2D eigenvalue weighted by molar-refractivity contribution is -0.138. The Morgan fingerprint density at radius 3 is 3.00 bits per heavy atom. The van der Waals surface area contributed by atoms with E-state index in [1.54, 1.807) is 6.92 Å². The molecule has 19 heavy (non-hydrogen) atoms. The summed E-state index contributed by atoms with van der Waals surface area (Å²) in [5.41, 5.74) is 1.97. The first kappa shape index (κ1) is 11.7. The molecule has 1 unspecified atom stereocenters. The zero-order valence-corrected chi connectivity index (χ0v) is 10.4. The average Bonchev–Trinajstić information content (AvgIpc) is 2.95. The second-order valence-corrected chi connectivity index (χ2v) is 4.54. The van der Waals surface area contributed by atoms with E-state index in [4.69, 9.17) is 4.52 Å². The molecule has 6 nitrogen and oxygen atoms in total. The van der Waals surface area contributed by atoms with Gasteiger partial charge in [0.05, 0.1) is 6.54 Å². The minimum absolute atomic E-state index is 0.339. The van der Waals surface area contributed by atoms with Gasteiger partial charge in [-0.25, -0.2) is 4.79 Å². The minimum Gasteiger partial charge on any atom is -0.480 e. The summed E-state index contributed by atoms with van der Waals surface area (Å²) in [5, 5.41) is 13.2. The summed E-state index contributed by atoms with van der Waals surface area (Å²) in [6.07, 6.45) is 0.502. The van der Waals surface area contributed by atoms with Crippen LogP contribution in [0.5, 0.6) is 0 Å². The third-order valence-corrected chi connectivity index (χ3v) is 3.26. The zero-order valence-electron chi connectivity index (χ0n) is 10.4. The second-order valence-electron chi connectivity index (χ2n) is 4.54. The standard InChI is InChI=1S/C13H13N3O3/c1-8-14-12(15-19-8)7-16-10-5-3-2-4-9(10)6-11(16)13(17)18/h2-5,11H,6-7H2,1H3,(H,17,18). The van der Waals surface area contributed by atoms with Gasteiger partial charge in [0.15, 0.2) is 5.82 Å². The van der Waals surface area contributed by atoms with Crippen molar-refractivity contribution >= 4 is 11.7 Å². The van der Waals surface area contributed by atoms with E-state index in [9.17, 15) is 9.90 Å². The Bertz CT molecular complexity index is 623. The van der Waals surface area contributed by atoms with Gasteiger partial charge in [-0.2, -0.15) is 4.98 Å². The molecule has 1 aromatic heterocycles. The normalized spacial score (nSPS) is 17.5. The molecule has 1 N–H and O–H groups in total. The van der Waals surface area contributed by atoms with Gasteiger partial charge in [-0.05, 0) is 11.6 Å². The van der Waals surface area contributed by atoms with Gasteiger partial charge in [0, 0.05) is 19.0 Å². The highest BCUT2D eigenvalue weighted by Gasteiger charge is 2.34. The summed E-state index contributed by atoms with van der Waals surface area (Å²) in [7, 11) is 0. The molecule has 98 valence electrons. The van der Waals surface area contributed by atoms with E-state index in [1.165, 1.54) is 0 Å². The zero-order chi connectivity index (χ0) is 13.4. The van der Waals surface area contributed by atoms with E-state index < -0.39 is 12.0 Å². The molecule has 6 heteroatoms. The van der Waals surface area contributed by atoms with Gasteiger partial charge in [-0.3, -0.25) is 0 Å². The number of aliphatic carboxylic acids is 1. The third-order valence-electron chi connectivity index (χ3n) is 3.26. The van der Waals surface area contributed by atoms with Crippen LogP contribution in [0.1, 0.15) is 17.3 Å². The number of fused-ring (bicyclic) bond motifs is 1. The van der Waals surface area contributed by atoms with Gasteiger partial charge in [0.25, 0.3) is 0 Å². The third kappa shape index (κ3) is 2.05. The SMILES string of the molecule is Cc1nc(CN2c3ccccc3CC2C(=O)O)no1. The van der Waals surface area contributed by atoms with Gasteiger partial charge in [0.2, 0.25) is 5.89 Å². The van der Waals surface area contributed by atoms with E-state index in [1.807, 2.05) is 29.2 Å². The van der Waals surface area contributed by atoms with Gasteiger partial charge in [-0.15, -0.1) is 0 Å². The highest BCUT2D eigenvalue weighted by Crippen LogP contribution is 2.33. The lowest BCUT2D eigenvalue weighted by Gasteiger charge is -2.22. The number of carbonyl (C=O) groups is 1. The summed E-state index contributed by atoms with van der Waals surface area (Å²) >= 11 is 0. The van der Waals surface area contributed by atoms with Crippen LogP contribution >= 0.6 is 0 Å². The van der Waals surface area contributed by atoms with E-state index in [0.717, 1.165) is 11.3 Å². The number of hydrogen-bond acceptors (Lipinski definition) is 5. The van der Waals surface area contributed by atoms with E-state index in [0.29, 0.717) is 24.7 Å². The minimum atomic E-state index is -0.837. The van der Waals surface area contributed by atoms with Crippen LogP contribution in [0.2, 0.25) is 0 Å². The first-order valence-corrected chi connectivity index (χ1v) is 6.01. The van der Waals surface area contributed by atoms with Gasteiger partial charge in [-0.1, -0.05) is 23.4 Å². The van der Waals surface area contributed by atoms with Crippen molar-refractivity contribution in [2.24, 2.45) is 0 Å². The molecule has 0 fully saturated rings. The molecule has 0 radical (unpaired) electrons. The maximum absolute atomic E-state index is 11.4. The van der Waals surface area contributed by atoms with Crippen molar-refractivity contribution in [2.45, 2.75) is 25.9 Å². The lowest BCUT2D eigenvalue weighted by atomic mass is 10.1. The van der Waals surface area contributed by atoms with Crippen molar-refractivity contribution in [3.63, 3.8) is 0 Å². The van der Waals surface area contributed by atoms with Crippen molar-refractivity contribution in [3.8, 4) is 0 Å². The first-order valence-electron chi connectivity index (χ1n) is 6.01. The molecule has 0 bridgehead atoms. The molecular weight excluding hydrogens is 246 g/mol. The Labute approximate surface area is 109 Å². The fourth-order valence-corrected chi connectivity index (χ4v) is 2.42. The number of hydrogen-bond donors (Lipinski definition) is 1. The number of rotatable bonds is 3. The lowest BCUT2D eigenvalue weighted by Crippen LogP contribution is -2.38. The number of aromatic nitrogens is 2. The monoisotopic (exact) mass is 259 g/mol. The molecule has 1 atom stereocenters. The summed E-state index contributed by atoms with van der Waals surface area (Å²) in [5.74, 6) is 0.145. The summed E-state index contributed by atoms with van der Waals surface area (Å²) in [6.45, 7) is 2.05. The van der Waals surface area contributed by atoms with Crippen LogP contribution in [0.3, 0.4) is 0 Å². The average molecular weight is 259 g/mol. The van der Waals surface area contributed by atoms with Gasteiger partial charge in [0.1, 0.15) is 6.04 Å². The Morgan fingerprint density at radius 2 is 2.32 bits per heavy atom. The molecule has 0 saturated carbocycles. The molecule has 0 spiro atoms. The molecule has 0 amide bonds. The maximum atomic E-state index is 11.4. The Hall–Kier alpha value is -2.37. The highest BCUT2D eigenvalue weighted by atomic mass is 16.5. The molecule has 3 rings (SSSR count). The first-order chi connectivity index (χ1) is 9.15. The van der Waals surface area contributed by atoms with Crippen molar-refractivity contribution in [2.75, 3.05) is 4.90 Å². The second kappa shape index (κ2) is 4.38. The number of benzene rings is 1. The van der Waals surface area contributed by atoms with E-state index in [2.05, 4.69) is 10.1 Å². The Balaban J connectivity index is 1.93. The van der Waals surface area contributed by atoms with Crippen LogP contribution in [0.25, 0.3) is 0 Å². The summed E-state index contributed by atoms with van der Waals surface area (Å²) in [4.78, 5) is 17.3. The Morgan fingerprint density at radius 1 is 1.53 bits per heavy atom. The number of aryl methyl sites for hydroxylation is 1. The van der Waals surface area contributed by atoms with Gasteiger partial charge < -0.3 is 14.5 Å². The summed E-state index contributed by atoms with van der Waals surface area (Å²) in [6, 6.07) is 7.12. The highest BCUT2D eigenvalue weighted by molar-refractivity contribution is 5.82. The number of carboxylic acids is 1. The molecule has 1 aliphatic rings. The molecule has 0 aliphatic carbocycles. The van der Waals surface area contributed by atoms with Crippen LogP contribution in [0.4, 0.5) is 5.69 Å². The summed E-state index contributed by atoms with van der Waals surface area (Å²) < 4.78 is 4.92. The number of carboxylic acid groups (broad SMARTS) is 1. The van der Waals surface area contributed by atoms with Crippen LogP contribution in [0.15, 0.2) is 28.8 Å². The van der Waals surface area contributed by atoms with Crippen LogP contribution < -0.4 is 4.90 Å². The van der Waals surface area contributed by atoms with Crippen molar-refractivity contribution in [1.29, 1.82) is 0 Å². The molecule has 0 saturated heterocycles. The fraction of sp³-hybridized carbons (Fsp3) is 0.308. The van der Waals surface area contributed by atoms with Crippen LogP contribution in [-0.4, -0.2) is 27.3 Å². The van der Waals surface area contributed by atoms with Crippen LogP contribution in [0, 0.1) is 6.92 Å². The number of nitrogens with zero attached hydrogens (tertiary/aromatic N) is 3. The topological polar surface area (TPSA) is 79.5 Å². The number of anilines is 1. The van der Waals surface area contributed by atoms with Gasteiger partial charge >= 0.3 is 5.97 Å². The quantitative estimate of drug-likeness (QED) is 0.897. The maximum Gasteiger partial charge on any atom is 0.326 e. The Kier molecular flexibility index (Phi) is 2.70. The molecule has 1 aliphatic heterocycles. The number of para-hydroxylation sites is 1. The molecule has 1 aromatic carbocycles.